The van der Waals surface area contributed by atoms with Crippen molar-refractivity contribution in [3.8, 4) is 0 Å². The third-order valence-corrected chi connectivity index (χ3v) is 7.23. The molecule has 1 fully saturated rings. The molecule has 2 aromatic carbocycles. The molecule has 2 aromatic rings. The van der Waals surface area contributed by atoms with Gasteiger partial charge in [-0.05, 0) is 30.7 Å². The molecule has 28 heavy (non-hydrogen) atoms. The lowest BCUT2D eigenvalue weighted by Crippen LogP contribution is -3.15. The molecule has 6 nitrogen and oxygen atoms in total. The normalized spacial score (nSPS) is 17.2. The number of benzene rings is 2. The molecule has 0 radical (unpaired) electrons. The van der Waals surface area contributed by atoms with E-state index in [1.807, 2.05) is 25.1 Å². The highest BCUT2D eigenvalue weighted by molar-refractivity contribution is 7.89. The van der Waals surface area contributed by atoms with Gasteiger partial charge in [0.1, 0.15) is 0 Å². The lowest BCUT2D eigenvalue weighted by atomic mass is 10.1. The number of amides is 1. The fourth-order valence-electron chi connectivity index (χ4n) is 3.38. The van der Waals surface area contributed by atoms with Crippen molar-refractivity contribution in [3.63, 3.8) is 0 Å². The quantitative estimate of drug-likeness (QED) is 0.732. The van der Waals surface area contributed by atoms with E-state index in [4.69, 9.17) is 11.6 Å². The van der Waals surface area contributed by atoms with Crippen LogP contribution in [-0.4, -0.2) is 51.4 Å². The van der Waals surface area contributed by atoms with Crippen molar-refractivity contribution < 1.29 is 18.1 Å². The van der Waals surface area contributed by atoms with E-state index in [0.29, 0.717) is 42.6 Å². The molecule has 1 saturated heterocycles. The van der Waals surface area contributed by atoms with Crippen LogP contribution in [0.1, 0.15) is 18.5 Å². The molecule has 0 bridgehead atoms. The highest BCUT2D eigenvalue weighted by Gasteiger charge is 2.31. The minimum atomic E-state index is -3.47. The Hall–Kier alpha value is -1.93. The molecule has 1 amide bonds. The molecule has 8 heteroatoms. The van der Waals surface area contributed by atoms with Gasteiger partial charge in [0.15, 0.2) is 6.54 Å². The van der Waals surface area contributed by atoms with E-state index < -0.39 is 10.0 Å². The first-order valence-corrected chi connectivity index (χ1v) is 11.1. The Morgan fingerprint density at radius 2 is 1.71 bits per heavy atom. The Morgan fingerprint density at radius 1 is 1.11 bits per heavy atom. The summed E-state index contributed by atoms with van der Waals surface area (Å²) >= 11 is 6.18. The molecule has 0 unspecified atom stereocenters. The SMILES string of the molecule is C[C@@H](NC(=O)C[NH+]1CCN(S(=O)(=O)c2ccccc2)CC1)c1ccccc1Cl. The number of halogens is 1. The number of quaternary nitrogens is 1. The van der Waals surface area contributed by atoms with Crippen molar-refractivity contribution >= 4 is 27.5 Å². The first-order valence-electron chi connectivity index (χ1n) is 9.30. The molecular weight excluding hydrogens is 398 g/mol. The van der Waals surface area contributed by atoms with E-state index in [1.165, 1.54) is 4.31 Å². The number of hydrogen-bond acceptors (Lipinski definition) is 3. The van der Waals surface area contributed by atoms with Gasteiger partial charge in [0.05, 0.1) is 37.1 Å². The van der Waals surface area contributed by atoms with Crippen molar-refractivity contribution in [2.24, 2.45) is 0 Å². The minimum absolute atomic E-state index is 0.0678. The van der Waals surface area contributed by atoms with Gasteiger partial charge in [0, 0.05) is 5.02 Å². The zero-order chi connectivity index (χ0) is 20.1. The second-order valence-corrected chi connectivity index (χ2v) is 9.30. The van der Waals surface area contributed by atoms with E-state index in [0.717, 1.165) is 10.5 Å². The molecule has 0 saturated carbocycles. The highest BCUT2D eigenvalue weighted by atomic mass is 35.5. The molecule has 1 atom stereocenters. The first kappa shape index (κ1) is 20.8. The zero-order valence-electron chi connectivity index (χ0n) is 15.8. The Labute approximate surface area is 171 Å². The summed E-state index contributed by atoms with van der Waals surface area (Å²) in [5.41, 5.74) is 0.881. The molecule has 150 valence electrons. The Kier molecular flexibility index (Phi) is 6.72. The summed E-state index contributed by atoms with van der Waals surface area (Å²) in [4.78, 5) is 13.8. The summed E-state index contributed by atoms with van der Waals surface area (Å²) in [6.07, 6.45) is 0. The summed E-state index contributed by atoms with van der Waals surface area (Å²) in [6, 6.07) is 15.7. The van der Waals surface area contributed by atoms with Crippen LogP contribution in [0.4, 0.5) is 0 Å². The van der Waals surface area contributed by atoms with Crippen LogP contribution in [0.3, 0.4) is 0 Å². The predicted octanol–water partition coefficient (Wildman–Crippen LogP) is 1.11. The lowest BCUT2D eigenvalue weighted by Gasteiger charge is -2.31. The number of sulfonamides is 1. The van der Waals surface area contributed by atoms with Gasteiger partial charge < -0.3 is 10.2 Å². The van der Waals surface area contributed by atoms with Gasteiger partial charge in [-0.25, -0.2) is 8.42 Å². The van der Waals surface area contributed by atoms with Crippen LogP contribution in [0.25, 0.3) is 0 Å². The van der Waals surface area contributed by atoms with E-state index >= 15 is 0 Å². The van der Waals surface area contributed by atoms with Crippen molar-refractivity contribution in [1.29, 1.82) is 0 Å². The smallest absolute Gasteiger partial charge is 0.275 e. The third-order valence-electron chi connectivity index (χ3n) is 4.97. The summed E-state index contributed by atoms with van der Waals surface area (Å²) in [7, 11) is -3.47. The predicted molar refractivity (Wildman–Crippen MR) is 109 cm³/mol. The van der Waals surface area contributed by atoms with Crippen molar-refractivity contribution in [2.45, 2.75) is 17.9 Å². The van der Waals surface area contributed by atoms with Gasteiger partial charge >= 0.3 is 0 Å². The number of carbonyl (C=O) groups excluding carboxylic acids is 1. The molecule has 3 rings (SSSR count). The summed E-state index contributed by atoms with van der Waals surface area (Å²) in [5.74, 6) is -0.0678. The van der Waals surface area contributed by atoms with E-state index in [1.54, 1.807) is 36.4 Å². The second-order valence-electron chi connectivity index (χ2n) is 6.95. The van der Waals surface area contributed by atoms with Crippen LogP contribution in [0.5, 0.6) is 0 Å². The Morgan fingerprint density at radius 3 is 2.36 bits per heavy atom. The maximum atomic E-state index is 12.7. The first-order chi connectivity index (χ1) is 13.4. The van der Waals surface area contributed by atoms with Crippen LogP contribution in [0, 0.1) is 0 Å². The van der Waals surface area contributed by atoms with Gasteiger partial charge in [-0.15, -0.1) is 0 Å². The summed E-state index contributed by atoms with van der Waals surface area (Å²) < 4.78 is 26.8. The number of rotatable bonds is 6. The Balaban J connectivity index is 1.52. The van der Waals surface area contributed by atoms with Crippen LogP contribution < -0.4 is 10.2 Å². The number of nitrogens with zero attached hydrogens (tertiary/aromatic N) is 1. The topological polar surface area (TPSA) is 70.9 Å². The summed E-state index contributed by atoms with van der Waals surface area (Å²) in [6.45, 7) is 4.21. The minimum Gasteiger partial charge on any atom is -0.345 e. The average molecular weight is 423 g/mol. The zero-order valence-corrected chi connectivity index (χ0v) is 17.3. The number of hydrogen-bond donors (Lipinski definition) is 2. The summed E-state index contributed by atoms with van der Waals surface area (Å²) in [5, 5.41) is 3.60. The van der Waals surface area contributed by atoms with Crippen LogP contribution in [0.15, 0.2) is 59.5 Å². The molecule has 0 spiro atoms. The fourth-order valence-corrected chi connectivity index (χ4v) is 5.15. The van der Waals surface area contributed by atoms with Crippen molar-refractivity contribution in [3.05, 3.63) is 65.2 Å². The molecule has 0 aliphatic carbocycles. The van der Waals surface area contributed by atoms with Gasteiger partial charge in [0.25, 0.3) is 5.91 Å². The molecule has 1 aliphatic heterocycles. The fraction of sp³-hybridized carbons (Fsp3) is 0.350. The van der Waals surface area contributed by atoms with Crippen LogP contribution in [0.2, 0.25) is 5.02 Å². The van der Waals surface area contributed by atoms with Gasteiger partial charge in [0.2, 0.25) is 10.0 Å². The number of carbonyl (C=O) groups is 1. The maximum absolute atomic E-state index is 12.7. The number of nitrogens with one attached hydrogen (secondary N) is 2. The largest absolute Gasteiger partial charge is 0.345 e. The molecule has 1 aliphatic rings. The van der Waals surface area contributed by atoms with E-state index in [-0.39, 0.29) is 11.9 Å². The molecule has 1 heterocycles. The van der Waals surface area contributed by atoms with Gasteiger partial charge in [-0.2, -0.15) is 4.31 Å². The average Bonchev–Trinajstić information content (AvgIpc) is 2.69. The van der Waals surface area contributed by atoms with E-state index in [9.17, 15) is 13.2 Å². The van der Waals surface area contributed by atoms with Crippen LogP contribution >= 0.6 is 11.6 Å². The third kappa shape index (κ3) is 4.91. The van der Waals surface area contributed by atoms with Gasteiger partial charge in [-0.1, -0.05) is 48.0 Å². The van der Waals surface area contributed by atoms with Gasteiger partial charge in [-0.3, -0.25) is 4.79 Å². The van der Waals surface area contributed by atoms with Crippen molar-refractivity contribution in [2.75, 3.05) is 32.7 Å². The Bertz CT molecular complexity index is 913. The number of piperazine rings is 1. The second kappa shape index (κ2) is 9.05. The monoisotopic (exact) mass is 422 g/mol. The van der Waals surface area contributed by atoms with Crippen LogP contribution in [-0.2, 0) is 14.8 Å². The maximum Gasteiger partial charge on any atom is 0.275 e. The highest BCUT2D eigenvalue weighted by Crippen LogP contribution is 2.21. The molecular formula is C20H25ClN3O3S+. The standard InChI is InChI=1S/C20H24ClN3O3S/c1-16(18-9-5-6-10-19(18)21)22-20(25)15-23-11-13-24(14-12-23)28(26,27)17-7-3-2-4-8-17/h2-10,16H,11-15H2,1H3,(H,22,25)/p+1/t16-/m1/s1. The van der Waals surface area contributed by atoms with E-state index in [2.05, 4.69) is 5.32 Å². The molecule has 2 N–H and O–H groups in total. The lowest BCUT2D eigenvalue weighted by molar-refractivity contribution is -0.895. The molecule has 0 aromatic heterocycles. The van der Waals surface area contributed by atoms with Crippen molar-refractivity contribution in [1.82, 2.24) is 9.62 Å².